The van der Waals surface area contributed by atoms with Crippen LogP contribution in [0.3, 0.4) is 0 Å². The topological polar surface area (TPSA) is 59.9 Å². The Hall–Kier alpha value is -2.87. The van der Waals surface area contributed by atoms with Crippen molar-refractivity contribution in [2.45, 2.75) is 13.5 Å². The number of halogens is 1. The summed E-state index contributed by atoms with van der Waals surface area (Å²) in [7, 11) is 0. The Morgan fingerprint density at radius 2 is 1.72 bits per heavy atom. The van der Waals surface area contributed by atoms with Crippen molar-refractivity contribution in [3.63, 3.8) is 0 Å². The molecule has 0 saturated carbocycles. The van der Waals surface area contributed by atoms with Gasteiger partial charge in [0.2, 0.25) is 0 Å². The Morgan fingerprint density at radius 1 is 1.00 bits per heavy atom. The fraction of sp³-hybridized carbons (Fsp3) is 0.130. The van der Waals surface area contributed by atoms with Gasteiger partial charge in [-0.3, -0.25) is 4.79 Å². The number of rotatable bonds is 8. The minimum Gasteiger partial charge on any atom is -0.494 e. The number of carbonyl (C=O) groups excluding carboxylic acids is 1. The van der Waals surface area contributed by atoms with Gasteiger partial charge in [0.25, 0.3) is 5.91 Å². The second-order valence-corrected chi connectivity index (χ2v) is 7.36. The van der Waals surface area contributed by atoms with Crippen molar-refractivity contribution in [1.82, 2.24) is 5.43 Å². The summed E-state index contributed by atoms with van der Waals surface area (Å²) >= 11 is 2.27. The molecule has 3 aromatic carbocycles. The van der Waals surface area contributed by atoms with Crippen LogP contribution in [-0.2, 0) is 6.61 Å². The van der Waals surface area contributed by atoms with Gasteiger partial charge in [0, 0.05) is 14.7 Å². The summed E-state index contributed by atoms with van der Waals surface area (Å²) in [5, 5.41) is 4.07. The van der Waals surface area contributed by atoms with E-state index < -0.39 is 0 Å². The van der Waals surface area contributed by atoms with Crippen LogP contribution in [0.15, 0.2) is 77.9 Å². The normalized spacial score (nSPS) is 10.7. The van der Waals surface area contributed by atoms with Gasteiger partial charge >= 0.3 is 0 Å². The molecule has 3 rings (SSSR count). The highest BCUT2D eigenvalue weighted by Crippen LogP contribution is 2.18. The van der Waals surface area contributed by atoms with E-state index in [0.29, 0.717) is 24.5 Å². The van der Waals surface area contributed by atoms with Crippen LogP contribution < -0.4 is 14.9 Å². The zero-order valence-electron chi connectivity index (χ0n) is 16.0. The lowest BCUT2D eigenvalue weighted by Gasteiger charge is -2.09. The maximum Gasteiger partial charge on any atom is 0.271 e. The van der Waals surface area contributed by atoms with Crippen molar-refractivity contribution in [3.05, 3.63) is 93.1 Å². The number of nitrogens with one attached hydrogen (secondary N) is 1. The van der Waals surface area contributed by atoms with Crippen LogP contribution in [0.1, 0.15) is 28.4 Å². The van der Waals surface area contributed by atoms with Crippen molar-refractivity contribution in [2.75, 3.05) is 6.61 Å². The third-order valence-electron chi connectivity index (χ3n) is 4.02. The van der Waals surface area contributed by atoms with E-state index in [1.807, 2.05) is 55.5 Å². The molecule has 148 valence electrons. The maximum absolute atomic E-state index is 12.2. The maximum atomic E-state index is 12.2. The first-order valence-corrected chi connectivity index (χ1v) is 10.3. The minimum absolute atomic E-state index is 0.290. The number of benzene rings is 3. The zero-order chi connectivity index (χ0) is 20.5. The standard InChI is InChI=1S/C23H21IN2O3/c1-2-28-21-13-9-18(10-14-21)23(27)26-25-15-19-5-3-4-6-22(19)29-16-17-7-11-20(24)12-8-17/h3-15H,2,16H2,1H3,(H,26,27)/b25-15+. The SMILES string of the molecule is CCOc1ccc(C(=O)N/N=C/c2ccccc2OCc2ccc(I)cc2)cc1. The van der Waals surface area contributed by atoms with Crippen LogP contribution in [0.5, 0.6) is 11.5 Å². The Labute approximate surface area is 183 Å². The molecular weight excluding hydrogens is 479 g/mol. The summed E-state index contributed by atoms with van der Waals surface area (Å²) in [4.78, 5) is 12.2. The predicted octanol–water partition coefficient (Wildman–Crippen LogP) is 5.03. The molecule has 29 heavy (non-hydrogen) atoms. The van der Waals surface area contributed by atoms with Crippen LogP contribution in [0.4, 0.5) is 0 Å². The fourth-order valence-electron chi connectivity index (χ4n) is 2.55. The van der Waals surface area contributed by atoms with Gasteiger partial charge in [-0.05, 0) is 83.6 Å². The molecule has 1 amide bonds. The summed E-state index contributed by atoms with van der Waals surface area (Å²) in [6.07, 6.45) is 1.58. The highest BCUT2D eigenvalue weighted by molar-refractivity contribution is 14.1. The molecule has 0 saturated heterocycles. The largest absolute Gasteiger partial charge is 0.494 e. The van der Waals surface area contributed by atoms with Crippen LogP contribution in [0.25, 0.3) is 0 Å². The molecule has 0 fully saturated rings. The van der Waals surface area contributed by atoms with Crippen molar-refractivity contribution >= 4 is 34.7 Å². The number of ether oxygens (including phenoxy) is 2. The van der Waals surface area contributed by atoms with Crippen molar-refractivity contribution < 1.29 is 14.3 Å². The zero-order valence-corrected chi connectivity index (χ0v) is 18.1. The van der Waals surface area contributed by atoms with E-state index in [9.17, 15) is 4.79 Å². The van der Waals surface area contributed by atoms with Gasteiger partial charge in [0.15, 0.2) is 0 Å². The van der Waals surface area contributed by atoms with Crippen LogP contribution in [-0.4, -0.2) is 18.7 Å². The summed E-state index contributed by atoms with van der Waals surface area (Å²) < 4.78 is 12.5. The Balaban J connectivity index is 1.60. The van der Waals surface area contributed by atoms with Crippen LogP contribution in [0.2, 0.25) is 0 Å². The van der Waals surface area contributed by atoms with E-state index in [-0.39, 0.29) is 5.91 Å². The number of hydrogen-bond donors (Lipinski definition) is 1. The minimum atomic E-state index is -0.290. The molecule has 3 aromatic rings. The van der Waals surface area contributed by atoms with Gasteiger partial charge < -0.3 is 9.47 Å². The molecular formula is C23H21IN2O3. The highest BCUT2D eigenvalue weighted by Gasteiger charge is 2.05. The molecule has 5 nitrogen and oxygen atoms in total. The molecule has 1 N–H and O–H groups in total. The number of hydrogen-bond acceptors (Lipinski definition) is 4. The number of carbonyl (C=O) groups is 1. The average molecular weight is 500 g/mol. The molecule has 0 heterocycles. The average Bonchev–Trinajstić information content (AvgIpc) is 2.75. The quantitative estimate of drug-likeness (QED) is 0.268. The van der Waals surface area contributed by atoms with Gasteiger partial charge in [-0.25, -0.2) is 5.43 Å². The van der Waals surface area contributed by atoms with Gasteiger partial charge in [-0.1, -0.05) is 24.3 Å². The van der Waals surface area contributed by atoms with Crippen molar-refractivity contribution in [1.29, 1.82) is 0 Å². The molecule has 0 aliphatic carbocycles. The van der Waals surface area contributed by atoms with E-state index in [0.717, 1.165) is 16.9 Å². The van der Waals surface area contributed by atoms with Crippen LogP contribution >= 0.6 is 22.6 Å². The third-order valence-corrected chi connectivity index (χ3v) is 4.74. The van der Waals surface area contributed by atoms with E-state index in [4.69, 9.17) is 9.47 Å². The molecule has 6 heteroatoms. The Morgan fingerprint density at radius 3 is 2.45 bits per heavy atom. The lowest BCUT2D eigenvalue weighted by molar-refractivity contribution is 0.0955. The molecule has 0 atom stereocenters. The lowest BCUT2D eigenvalue weighted by Crippen LogP contribution is -2.17. The van der Waals surface area contributed by atoms with E-state index in [1.54, 1.807) is 30.5 Å². The first kappa shape index (κ1) is 20.9. The summed E-state index contributed by atoms with van der Waals surface area (Å²) in [5.41, 5.74) is 4.91. The van der Waals surface area contributed by atoms with Crippen molar-refractivity contribution in [2.24, 2.45) is 5.10 Å². The second kappa shape index (κ2) is 10.6. The van der Waals surface area contributed by atoms with Gasteiger partial charge in [0.05, 0.1) is 12.8 Å². The number of para-hydroxylation sites is 1. The van der Waals surface area contributed by atoms with E-state index >= 15 is 0 Å². The molecule has 0 radical (unpaired) electrons. The van der Waals surface area contributed by atoms with E-state index in [1.165, 1.54) is 3.57 Å². The fourth-order valence-corrected chi connectivity index (χ4v) is 2.91. The van der Waals surface area contributed by atoms with Gasteiger partial charge in [-0.2, -0.15) is 5.10 Å². The number of nitrogens with zero attached hydrogens (tertiary/aromatic N) is 1. The first-order valence-electron chi connectivity index (χ1n) is 9.18. The molecule has 0 aliphatic heterocycles. The molecule has 0 aromatic heterocycles. The Bertz CT molecular complexity index is 970. The highest BCUT2D eigenvalue weighted by atomic mass is 127. The molecule has 0 aliphatic rings. The van der Waals surface area contributed by atoms with Gasteiger partial charge in [-0.15, -0.1) is 0 Å². The molecule has 0 unspecified atom stereocenters. The smallest absolute Gasteiger partial charge is 0.271 e. The monoisotopic (exact) mass is 500 g/mol. The molecule has 0 bridgehead atoms. The predicted molar refractivity (Wildman–Crippen MR) is 123 cm³/mol. The second-order valence-electron chi connectivity index (χ2n) is 6.11. The van der Waals surface area contributed by atoms with E-state index in [2.05, 4.69) is 33.1 Å². The lowest BCUT2D eigenvalue weighted by atomic mass is 10.2. The summed E-state index contributed by atoms with van der Waals surface area (Å²) in [5.74, 6) is 1.14. The van der Waals surface area contributed by atoms with Gasteiger partial charge in [0.1, 0.15) is 18.1 Å². The first-order chi connectivity index (χ1) is 14.2. The third kappa shape index (κ3) is 6.32. The Kier molecular flexibility index (Phi) is 7.63. The van der Waals surface area contributed by atoms with Crippen LogP contribution in [0, 0.1) is 3.57 Å². The number of hydrazone groups is 1. The summed E-state index contributed by atoms with van der Waals surface area (Å²) in [6.45, 7) is 2.96. The number of amides is 1. The summed E-state index contributed by atoms with van der Waals surface area (Å²) in [6, 6.07) is 22.6. The van der Waals surface area contributed by atoms with Crippen molar-refractivity contribution in [3.8, 4) is 11.5 Å². The molecule has 0 spiro atoms.